The normalized spacial score (nSPS) is 12.7. The van der Waals surface area contributed by atoms with Gasteiger partial charge in [0.1, 0.15) is 5.82 Å². The number of hydrogen-bond acceptors (Lipinski definition) is 3. The van der Waals surface area contributed by atoms with Gasteiger partial charge in [-0.25, -0.2) is 4.99 Å². The van der Waals surface area contributed by atoms with Crippen molar-refractivity contribution in [2.45, 2.75) is 33.0 Å². The molecular formula is C25H28N6. The fraction of sp³-hybridized carbons (Fsp3) is 0.240. The number of aromatic nitrogens is 3. The van der Waals surface area contributed by atoms with Crippen molar-refractivity contribution >= 4 is 16.7 Å². The van der Waals surface area contributed by atoms with E-state index in [1.54, 1.807) is 0 Å². The third-order valence-corrected chi connectivity index (χ3v) is 5.50. The summed E-state index contributed by atoms with van der Waals surface area (Å²) in [6, 6.07) is 25.2. The van der Waals surface area contributed by atoms with Crippen molar-refractivity contribution in [1.29, 1.82) is 0 Å². The lowest BCUT2D eigenvalue weighted by Crippen LogP contribution is -2.39. The predicted molar refractivity (Wildman–Crippen MR) is 126 cm³/mol. The SMILES string of the molecule is Cc1nnc(CNC(=NCc2ccccc2)NC(C)c2cccc3ccccc23)n1C. The second-order valence-electron chi connectivity index (χ2n) is 7.66. The Labute approximate surface area is 183 Å². The summed E-state index contributed by atoms with van der Waals surface area (Å²) in [7, 11) is 1.97. The van der Waals surface area contributed by atoms with Crippen LogP contribution in [0.5, 0.6) is 0 Å². The van der Waals surface area contributed by atoms with Gasteiger partial charge < -0.3 is 15.2 Å². The largest absolute Gasteiger partial charge is 0.350 e. The van der Waals surface area contributed by atoms with E-state index in [0.717, 1.165) is 23.2 Å². The average molecular weight is 413 g/mol. The summed E-state index contributed by atoms with van der Waals surface area (Å²) in [5, 5.41) is 17.9. The van der Waals surface area contributed by atoms with Crippen molar-refractivity contribution < 1.29 is 0 Å². The molecule has 0 aliphatic heterocycles. The lowest BCUT2D eigenvalue weighted by Gasteiger charge is -2.20. The van der Waals surface area contributed by atoms with Crippen LogP contribution in [0.4, 0.5) is 0 Å². The van der Waals surface area contributed by atoms with Gasteiger partial charge in [-0.2, -0.15) is 0 Å². The highest BCUT2D eigenvalue weighted by atomic mass is 15.3. The lowest BCUT2D eigenvalue weighted by atomic mass is 10.00. The molecule has 0 saturated carbocycles. The standard InChI is InChI=1S/C25H28N6/c1-18(22-15-9-13-21-12-7-8-14-23(21)22)28-25(26-16-20-10-5-4-6-11-20)27-17-24-30-29-19(2)31(24)3/h4-15,18H,16-17H2,1-3H3,(H2,26,27,28). The van der Waals surface area contributed by atoms with Gasteiger partial charge in [-0.05, 0) is 35.7 Å². The van der Waals surface area contributed by atoms with Crippen molar-refractivity contribution in [3.8, 4) is 0 Å². The molecule has 1 aromatic heterocycles. The fourth-order valence-electron chi connectivity index (χ4n) is 3.58. The molecule has 0 radical (unpaired) electrons. The van der Waals surface area contributed by atoms with Gasteiger partial charge in [-0.15, -0.1) is 10.2 Å². The molecule has 1 unspecified atom stereocenters. The number of aliphatic imine (C=N–C) groups is 1. The molecule has 0 fully saturated rings. The zero-order valence-corrected chi connectivity index (χ0v) is 18.2. The molecule has 0 aliphatic rings. The second-order valence-corrected chi connectivity index (χ2v) is 7.66. The molecule has 158 valence electrons. The smallest absolute Gasteiger partial charge is 0.192 e. The van der Waals surface area contributed by atoms with E-state index in [0.29, 0.717) is 13.1 Å². The van der Waals surface area contributed by atoms with Crippen LogP contribution in [0.3, 0.4) is 0 Å². The first kappa shape index (κ1) is 20.6. The first-order chi connectivity index (χ1) is 15.1. The number of fused-ring (bicyclic) bond motifs is 1. The molecular weight excluding hydrogens is 384 g/mol. The molecule has 0 saturated heterocycles. The van der Waals surface area contributed by atoms with Crippen LogP contribution in [0, 0.1) is 6.92 Å². The summed E-state index contributed by atoms with van der Waals surface area (Å²) in [5.41, 5.74) is 2.40. The molecule has 0 spiro atoms. The van der Waals surface area contributed by atoms with Gasteiger partial charge in [-0.1, -0.05) is 72.8 Å². The zero-order chi connectivity index (χ0) is 21.6. The topological polar surface area (TPSA) is 67.1 Å². The van der Waals surface area contributed by atoms with Crippen LogP contribution >= 0.6 is 0 Å². The van der Waals surface area contributed by atoms with E-state index < -0.39 is 0 Å². The molecule has 1 heterocycles. The number of nitrogens with zero attached hydrogens (tertiary/aromatic N) is 4. The van der Waals surface area contributed by atoms with Gasteiger partial charge >= 0.3 is 0 Å². The Morgan fingerprint density at radius 2 is 1.71 bits per heavy atom. The monoisotopic (exact) mass is 412 g/mol. The van der Waals surface area contributed by atoms with E-state index in [9.17, 15) is 0 Å². The minimum atomic E-state index is 0.0781. The summed E-state index contributed by atoms with van der Waals surface area (Å²) in [6.07, 6.45) is 0. The molecule has 3 aromatic carbocycles. The van der Waals surface area contributed by atoms with Crippen molar-refractivity contribution in [3.05, 3.63) is 95.6 Å². The highest BCUT2D eigenvalue weighted by Gasteiger charge is 2.12. The van der Waals surface area contributed by atoms with Crippen LogP contribution in [-0.2, 0) is 20.1 Å². The number of aryl methyl sites for hydroxylation is 1. The van der Waals surface area contributed by atoms with Crippen molar-refractivity contribution in [2.75, 3.05) is 0 Å². The number of hydrogen-bond donors (Lipinski definition) is 2. The molecule has 4 aromatic rings. The van der Waals surface area contributed by atoms with Crippen LogP contribution < -0.4 is 10.6 Å². The minimum absolute atomic E-state index is 0.0781. The maximum Gasteiger partial charge on any atom is 0.192 e. The van der Waals surface area contributed by atoms with E-state index in [-0.39, 0.29) is 6.04 Å². The average Bonchev–Trinajstić information content (AvgIpc) is 3.13. The predicted octanol–water partition coefficient (Wildman–Crippen LogP) is 4.27. The Hall–Kier alpha value is -3.67. The maximum absolute atomic E-state index is 4.83. The van der Waals surface area contributed by atoms with Gasteiger partial charge in [0.05, 0.1) is 19.1 Å². The Morgan fingerprint density at radius 3 is 2.48 bits per heavy atom. The van der Waals surface area contributed by atoms with Crippen molar-refractivity contribution in [1.82, 2.24) is 25.4 Å². The summed E-state index contributed by atoms with van der Waals surface area (Å²) in [5.74, 6) is 2.49. The van der Waals surface area contributed by atoms with Crippen LogP contribution in [0.1, 0.15) is 35.7 Å². The molecule has 6 nitrogen and oxygen atoms in total. The number of guanidine groups is 1. The van der Waals surface area contributed by atoms with Crippen LogP contribution in [0.25, 0.3) is 10.8 Å². The zero-order valence-electron chi connectivity index (χ0n) is 18.2. The summed E-state index contributed by atoms with van der Waals surface area (Å²) >= 11 is 0. The molecule has 1 atom stereocenters. The number of rotatable bonds is 6. The second kappa shape index (κ2) is 9.43. The van der Waals surface area contributed by atoms with E-state index in [1.807, 2.05) is 36.7 Å². The quantitative estimate of drug-likeness (QED) is 0.367. The van der Waals surface area contributed by atoms with E-state index >= 15 is 0 Å². The van der Waals surface area contributed by atoms with Crippen LogP contribution in [0.2, 0.25) is 0 Å². The van der Waals surface area contributed by atoms with Gasteiger partial charge in [0.15, 0.2) is 11.8 Å². The van der Waals surface area contributed by atoms with Crippen LogP contribution in [0.15, 0.2) is 77.8 Å². The third-order valence-electron chi connectivity index (χ3n) is 5.50. The first-order valence-electron chi connectivity index (χ1n) is 10.5. The van der Waals surface area contributed by atoms with E-state index in [1.165, 1.54) is 16.3 Å². The number of benzene rings is 3. The molecule has 0 aliphatic carbocycles. The lowest BCUT2D eigenvalue weighted by molar-refractivity contribution is 0.667. The Bertz CT molecular complexity index is 1170. The summed E-state index contributed by atoms with van der Waals surface area (Å²) in [6.45, 7) is 5.24. The number of nitrogens with one attached hydrogen (secondary N) is 2. The molecule has 31 heavy (non-hydrogen) atoms. The first-order valence-corrected chi connectivity index (χ1v) is 10.5. The molecule has 2 N–H and O–H groups in total. The third kappa shape index (κ3) is 4.91. The Morgan fingerprint density at radius 1 is 0.968 bits per heavy atom. The fourth-order valence-corrected chi connectivity index (χ4v) is 3.58. The van der Waals surface area contributed by atoms with Crippen LogP contribution in [-0.4, -0.2) is 20.7 Å². The van der Waals surface area contributed by atoms with E-state index in [4.69, 9.17) is 4.99 Å². The highest BCUT2D eigenvalue weighted by Crippen LogP contribution is 2.24. The van der Waals surface area contributed by atoms with Gasteiger partial charge in [0, 0.05) is 7.05 Å². The van der Waals surface area contributed by atoms with Gasteiger partial charge in [-0.3, -0.25) is 0 Å². The molecule has 6 heteroatoms. The maximum atomic E-state index is 4.83. The van der Waals surface area contributed by atoms with Gasteiger partial charge in [0.25, 0.3) is 0 Å². The van der Waals surface area contributed by atoms with E-state index in [2.05, 4.69) is 82.4 Å². The minimum Gasteiger partial charge on any atom is -0.350 e. The van der Waals surface area contributed by atoms with Crippen molar-refractivity contribution in [3.63, 3.8) is 0 Å². The summed E-state index contributed by atoms with van der Waals surface area (Å²) in [4.78, 5) is 4.83. The molecule has 0 amide bonds. The Kier molecular flexibility index (Phi) is 6.26. The van der Waals surface area contributed by atoms with Gasteiger partial charge in [0.2, 0.25) is 0 Å². The highest BCUT2D eigenvalue weighted by molar-refractivity contribution is 5.87. The Balaban J connectivity index is 1.56. The van der Waals surface area contributed by atoms with Crippen molar-refractivity contribution in [2.24, 2.45) is 12.0 Å². The summed E-state index contributed by atoms with van der Waals surface area (Å²) < 4.78 is 1.98. The molecule has 0 bridgehead atoms. The molecule has 4 rings (SSSR count).